The Morgan fingerprint density at radius 3 is 2.71 bits per heavy atom. The van der Waals surface area contributed by atoms with Gasteiger partial charge in [-0.1, -0.05) is 6.07 Å². The number of carboxylic acid groups (broad SMARTS) is 1. The Morgan fingerprint density at radius 1 is 1.15 bits per heavy atom. The van der Waals surface area contributed by atoms with Crippen molar-refractivity contribution in [2.45, 2.75) is 6.54 Å². The second-order valence-corrected chi connectivity index (χ2v) is 7.33. The third kappa shape index (κ3) is 5.10. The number of rotatable bonds is 4. The molecule has 1 saturated heterocycles. The van der Waals surface area contributed by atoms with E-state index >= 15 is 0 Å². The molecule has 0 saturated carbocycles. The van der Waals surface area contributed by atoms with Crippen molar-refractivity contribution in [2.24, 2.45) is 0 Å². The summed E-state index contributed by atoms with van der Waals surface area (Å²) in [6.07, 6.45) is 2.41. The summed E-state index contributed by atoms with van der Waals surface area (Å²) in [5, 5.41) is 20.2. The van der Waals surface area contributed by atoms with Crippen molar-refractivity contribution in [3.8, 4) is 5.75 Å². The highest BCUT2D eigenvalue weighted by molar-refractivity contribution is 6.08. The number of nitrogens with zero attached hydrogens (tertiary/aromatic N) is 2. The quantitative estimate of drug-likeness (QED) is 0.297. The smallest absolute Gasteiger partial charge is 0.339 e. The third-order valence-corrected chi connectivity index (χ3v) is 4.95. The first-order valence-electron chi connectivity index (χ1n) is 10.3. The molecule has 3 amide bonds. The van der Waals surface area contributed by atoms with Crippen LogP contribution in [0.1, 0.15) is 26.4 Å². The zero-order valence-corrected chi connectivity index (χ0v) is 17.8. The lowest BCUT2D eigenvalue weighted by atomic mass is 10.1. The van der Waals surface area contributed by atoms with Crippen LogP contribution in [0.25, 0.3) is 11.0 Å². The maximum Gasteiger partial charge on any atom is 0.339 e. The fraction of sp³-hybridized carbons (Fsp3) is 0.238. The van der Waals surface area contributed by atoms with Crippen LogP contribution in [0.4, 0.5) is 5.69 Å². The van der Waals surface area contributed by atoms with E-state index in [0.717, 1.165) is 25.0 Å². The van der Waals surface area contributed by atoms with Gasteiger partial charge in [-0.25, -0.2) is 14.8 Å². The normalized spacial score (nSPS) is 14.6. The molecule has 176 valence electrons. The van der Waals surface area contributed by atoms with Gasteiger partial charge in [0.2, 0.25) is 5.91 Å². The molecule has 2 aromatic heterocycles. The van der Waals surface area contributed by atoms with Gasteiger partial charge < -0.3 is 36.1 Å². The molecule has 13 heteroatoms. The first-order chi connectivity index (χ1) is 16.4. The van der Waals surface area contributed by atoms with Crippen LogP contribution in [0.15, 0.2) is 30.7 Å². The van der Waals surface area contributed by atoms with Gasteiger partial charge in [0.15, 0.2) is 12.3 Å². The van der Waals surface area contributed by atoms with Crippen molar-refractivity contribution < 1.29 is 29.0 Å². The standard InChI is InChI=1S/C17H13N5O5.C4H8N2O/c23-12-6-27-11-2-1-8(3-10(11)22-12)4-19-16(24)15-14-13(20-7-21-15)9(5-18-14)17(25)26;7-4-3-5-1-2-6-4/h1-3,5,7,18H,4,6H2,(H,19,24)(H,22,23)(H,25,26);5H,1-3H2,(H,6,7). The van der Waals surface area contributed by atoms with Gasteiger partial charge in [-0.05, 0) is 17.7 Å². The Balaban J connectivity index is 0.000000336. The van der Waals surface area contributed by atoms with E-state index in [2.05, 4.69) is 36.2 Å². The second kappa shape index (κ2) is 9.95. The molecule has 2 aliphatic rings. The van der Waals surface area contributed by atoms with E-state index in [4.69, 9.17) is 9.84 Å². The molecular formula is C21H21N7O6. The Kier molecular flexibility index (Phi) is 6.64. The number of nitrogens with one attached hydrogen (secondary N) is 5. The fourth-order valence-electron chi connectivity index (χ4n) is 3.34. The molecule has 0 radical (unpaired) electrons. The molecule has 5 rings (SSSR count). The summed E-state index contributed by atoms with van der Waals surface area (Å²) in [5.41, 5.74) is 1.71. The summed E-state index contributed by atoms with van der Waals surface area (Å²) in [6.45, 7) is 2.33. The van der Waals surface area contributed by atoms with Gasteiger partial charge in [0.1, 0.15) is 23.2 Å². The fourth-order valence-corrected chi connectivity index (χ4v) is 3.34. The van der Waals surface area contributed by atoms with Crippen LogP contribution in [0.2, 0.25) is 0 Å². The monoisotopic (exact) mass is 467 g/mol. The minimum absolute atomic E-state index is 0.0265. The summed E-state index contributed by atoms with van der Waals surface area (Å²) >= 11 is 0. The van der Waals surface area contributed by atoms with Gasteiger partial charge >= 0.3 is 5.97 Å². The Bertz CT molecular complexity index is 1260. The lowest BCUT2D eigenvalue weighted by molar-refractivity contribution is -0.121. The van der Waals surface area contributed by atoms with Gasteiger partial charge in [-0.3, -0.25) is 14.4 Å². The molecule has 0 spiro atoms. The highest BCUT2D eigenvalue weighted by Gasteiger charge is 2.20. The van der Waals surface area contributed by atoms with Crippen molar-refractivity contribution in [3.05, 3.63) is 47.5 Å². The molecule has 0 unspecified atom stereocenters. The predicted octanol–water partition coefficient (Wildman–Crippen LogP) is -0.377. The highest BCUT2D eigenvalue weighted by Crippen LogP contribution is 2.28. The molecule has 6 N–H and O–H groups in total. The highest BCUT2D eigenvalue weighted by atomic mass is 16.5. The number of aromatic carboxylic acids is 1. The van der Waals surface area contributed by atoms with E-state index in [1.807, 2.05) is 0 Å². The number of benzene rings is 1. The number of carbonyl (C=O) groups is 4. The Labute approximate surface area is 192 Å². The minimum atomic E-state index is -1.15. The van der Waals surface area contributed by atoms with Crippen molar-refractivity contribution in [1.29, 1.82) is 0 Å². The summed E-state index contributed by atoms with van der Waals surface area (Å²) in [4.78, 5) is 56.0. The second-order valence-electron chi connectivity index (χ2n) is 7.33. The molecule has 2 aliphatic heterocycles. The number of hydrogen-bond acceptors (Lipinski definition) is 8. The first kappa shape index (κ1) is 22.7. The average molecular weight is 467 g/mol. The largest absolute Gasteiger partial charge is 0.482 e. The zero-order chi connectivity index (χ0) is 24.1. The number of carbonyl (C=O) groups excluding carboxylic acids is 3. The molecule has 1 fully saturated rings. The lowest BCUT2D eigenvalue weighted by Gasteiger charge is -2.18. The molecule has 3 aromatic rings. The Hall–Kier alpha value is -4.52. The van der Waals surface area contributed by atoms with Gasteiger partial charge in [0.25, 0.3) is 11.8 Å². The maximum absolute atomic E-state index is 12.5. The van der Waals surface area contributed by atoms with Gasteiger partial charge in [0.05, 0.1) is 17.7 Å². The number of aromatic amines is 1. The molecule has 4 heterocycles. The van der Waals surface area contributed by atoms with Gasteiger partial charge in [-0.2, -0.15) is 0 Å². The molecule has 34 heavy (non-hydrogen) atoms. The van der Waals surface area contributed by atoms with Crippen LogP contribution in [0, 0.1) is 0 Å². The number of fused-ring (bicyclic) bond motifs is 2. The third-order valence-electron chi connectivity index (χ3n) is 4.95. The van der Waals surface area contributed by atoms with Crippen LogP contribution < -0.4 is 26.0 Å². The minimum Gasteiger partial charge on any atom is -0.482 e. The van der Waals surface area contributed by atoms with Gasteiger partial charge in [-0.15, -0.1) is 0 Å². The van der Waals surface area contributed by atoms with Crippen molar-refractivity contribution >= 4 is 40.4 Å². The van der Waals surface area contributed by atoms with E-state index in [1.165, 1.54) is 6.20 Å². The summed E-state index contributed by atoms with van der Waals surface area (Å²) in [6, 6.07) is 5.19. The number of aromatic nitrogens is 3. The topological polar surface area (TPSA) is 187 Å². The summed E-state index contributed by atoms with van der Waals surface area (Å²) < 4.78 is 5.29. The van der Waals surface area contributed by atoms with Gasteiger partial charge in [0, 0.05) is 25.8 Å². The van der Waals surface area contributed by atoms with E-state index in [0.29, 0.717) is 18.0 Å². The number of carboxylic acids is 1. The molecule has 0 bridgehead atoms. The van der Waals surface area contributed by atoms with E-state index in [-0.39, 0.29) is 47.3 Å². The number of ether oxygens (including phenoxy) is 1. The first-order valence-corrected chi connectivity index (χ1v) is 10.3. The van der Waals surface area contributed by atoms with Crippen LogP contribution >= 0.6 is 0 Å². The van der Waals surface area contributed by atoms with Crippen LogP contribution in [0.3, 0.4) is 0 Å². The van der Waals surface area contributed by atoms with E-state index < -0.39 is 11.9 Å². The number of H-pyrrole nitrogens is 1. The summed E-state index contributed by atoms with van der Waals surface area (Å²) in [7, 11) is 0. The average Bonchev–Trinajstić information content (AvgIpc) is 3.28. The number of piperazine rings is 1. The lowest BCUT2D eigenvalue weighted by Crippen LogP contribution is -2.44. The zero-order valence-electron chi connectivity index (χ0n) is 17.8. The van der Waals surface area contributed by atoms with Crippen LogP contribution in [0.5, 0.6) is 5.75 Å². The van der Waals surface area contributed by atoms with E-state index in [9.17, 15) is 19.2 Å². The van der Waals surface area contributed by atoms with Crippen LogP contribution in [-0.4, -0.2) is 70.0 Å². The molecule has 0 atom stereocenters. The number of anilines is 1. The van der Waals surface area contributed by atoms with Crippen molar-refractivity contribution in [2.75, 3.05) is 31.6 Å². The predicted molar refractivity (Wildman–Crippen MR) is 118 cm³/mol. The van der Waals surface area contributed by atoms with Crippen LogP contribution in [-0.2, 0) is 16.1 Å². The van der Waals surface area contributed by atoms with Crippen molar-refractivity contribution in [3.63, 3.8) is 0 Å². The molecule has 1 aromatic carbocycles. The molecule has 0 aliphatic carbocycles. The summed E-state index contributed by atoms with van der Waals surface area (Å²) in [5.74, 6) is -1.21. The molecular weight excluding hydrogens is 446 g/mol. The Morgan fingerprint density at radius 2 is 2.00 bits per heavy atom. The molecule has 13 nitrogen and oxygen atoms in total. The maximum atomic E-state index is 12.5. The van der Waals surface area contributed by atoms with E-state index in [1.54, 1.807) is 18.2 Å². The number of amides is 3. The van der Waals surface area contributed by atoms with Crippen molar-refractivity contribution in [1.82, 2.24) is 30.9 Å². The number of hydrogen-bond donors (Lipinski definition) is 6. The SMILES string of the molecule is O=C1CNCCN1.O=C1COc2ccc(CNC(=O)c3ncnc4c(C(=O)O)c[nH]c34)cc2N1.